The van der Waals surface area contributed by atoms with Crippen LogP contribution < -0.4 is 10.2 Å². The fourth-order valence-electron chi connectivity index (χ4n) is 3.04. The highest BCUT2D eigenvalue weighted by Crippen LogP contribution is 2.31. The summed E-state index contributed by atoms with van der Waals surface area (Å²) < 4.78 is 0. The fourth-order valence-corrected chi connectivity index (χ4v) is 3.04. The second-order valence-corrected chi connectivity index (χ2v) is 5.73. The van der Waals surface area contributed by atoms with E-state index in [2.05, 4.69) is 20.5 Å². The van der Waals surface area contributed by atoms with Crippen LogP contribution in [0.5, 0.6) is 0 Å². The first kappa shape index (κ1) is 14.4. The number of aromatic amines is 1. The number of carbonyl (C=O) groups is 2. The standard InChI is InChI=1S/C17H15N5O2/c23-15-8-12(16(24)20-17-18-10-19-21-17)9-22(15)14-7-3-5-11-4-1-2-6-13(11)14/h1-7,10,12H,8-9H2,(H2,18,19,20,21,24)/t12-/m1/s1. The quantitative estimate of drug-likeness (QED) is 0.771. The average Bonchev–Trinajstić information content (AvgIpc) is 3.24. The Balaban J connectivity index is 1.58. The molecule has 3 aromatic rings. The van der Waals surface area contributed by atoms with Gasteiger partial charge in [-0.25, -0.2) is 5.10 Å². The van der Waals surface area contributed by atoms with Gasteiger partial charge < -0.3 is 4.90 Å². The Morgan fingerprint density at radius 1 is 1.21 bits per heavy atom. The maximum absolute atomic E-state index is 12.4. The smallest absolute Gasteiger partial charge is 0.232 e. The van der Waals surface area contributed by atoms with Crippen LogP contribution in [0.1, 0.15) is 6.42 Å². The highest BCUT2D eigenvalue weighted by atomic mass is 16.2. The lowest BCUT2D eigenvalue weighted by atomic mass is 10.1. The Bertz CT molecular complexity index is 901. The number of fused-ring (bicyclic) bond motifs is 1. The minimum Gasteiger partial charge on any atom is -0.311 e. The largest absolute Gasteiger partial charge is 0.311 e. The molecule has 120 valence electrons. The summed E-state index contributed by atoms with van der Waals surface area (Å²) in [6, 6.07) is 13.7. The second kappa shape index (κ2) is 5.77. The summed E-state index contributed by atoms with van der Waals surface area (Å²) in [5, 5.41) is 11.0. The first-order valence-electron chi connectivity index (χ1n) is 7.67. The third kappa shape index (κ3) is 2.50. The molecule has 0 bridgehead atoms. The van der Waals surface area contributed by atoms with Crippen LogP contribution in [0.3, 0.4) is 0 Å². The Morgan fingerprint density at radius 3 is 2.88 bits per heavy atom. The maximum Gasteiger partial charge on any atom is 0.232 e. The first-order chi connectivity index (χ1) is 11.7. The molecule has 0 saturated carbocycles. The fraction of sp³-hybridized carbons (Fsp3) is 0.176. The van der Waals surface area contributed by atoms with Crippen LogP contribution >= 0.6 is 0 Å². The Labute approximate surface area is 137 Å². The SMILES string of the molecule is O=C(Nc1ncn[nH]1)[C@@H]1CC(=O)N(c2cccc3ccccc23)C1. The molecular weight excluding hydrogens is 306 g/mol. The van der Waals surface area contributed by atoms with E-state index in [1.54, 1.807) is 4.90 Å². The predicted molar refractivity (Wildman–Crippen MR) is 89.4 cm³/mol. The summed E-state index contributed by atoms with van der Waals surface area (Å²) in [4.78, 5) is 30.3. The number of anilines is 2. The van der Waals surface area contributed by atoms with Crippen molar-refractivity contribution in [1.82, 2.24) is 15.2 Å². The zero-order valence-corrected chi connectivity index (χ0v) is 12.8. The van der Waals surface area contributed by atoms with E-state index in [9.17, 15) is 9.59 Å². The molecule has 2 aromatic carbocycles. The number of amides is 2. The zero-order valence-electron chi connectivity index (χ0n) is 12.8. The van der Waals surface area contributed by atoms with E-state index in [-0.39, 0.29) is 24.2 Å². The van der Waals surface area contributed by atoms with Crippen LogP contribution in [0.2, 0.25) is 0 Å². The van der Waals surface area contributed by atoms with Crippen molar-refractivity contribution in [1.29, 1.82) is 0 Å². The van der Waals surface area contributed by atoms with Crippen molar-refractivity contribution in [2.24, 2.45) is 5.92 Å². The molecule has 1 saturated heterocycles. The number of nitrogens with one attached hydrogen (secondary N) is 2. The van der Waals surface area contributed by atoms with Gasteiger partial charge >= 0.3 is 0 Å². The predicted octanol–water partition coefficient (Wildman–Crippen LogP) is 1.95. The third-order valence-corrected chi connectivity index (χ3v) is 4.21. The van der Waals surface area contributed by atoms with Gasteiger partial charge in [0.2, 0.25) is 17.8 Å². The average molecular weight is 321 g/mol. The molecule has 0 aliphatic carbocycles. The van der Waals surface area contributed by atoms with Gasteiger partial charge in [0.15, 0.2) is 0 Å². The monoisotopic (exact) mass is 321 g/mol. The normalized spacial score (nSPS) is 17.4. The first-order valence-corrected chi connectivity index (χ1v) is 7.67. The Hall–Kier alpha value is -3.22. The molecule has 4 rings (SSSR count). The molecule has 0 unspecified atom stereocenters. The molecule has 1 aromatic heterocycles. The minimum atomic E-state index is -0.415. The molecule has 1 atom stereocenters. The highest BCUT2D eigenvalue weighted by molar-refractivity contribution is 6.08. The van der Waals surface area contributed by atoms with Crippen molar-refractivity contribution in [3.63, 3.8) is 0 Å². The molecule has 7 heteroatoms. The molecule has 7 nitrogen and oxygen atoms in total. The molecule has 2 amide bonds. The summed E-state index contributed by atoms with van der Waals surface area (Å²) in [5.74, 6) is -0.412. The van der Waals surface area contributed by atoms with E-state index in [4.69, 9.17) is 0 Å². The van der Waals surface area contributed by atoms with Crippen molar-refractivity contribution < 1.29 is 9.59 Å². The summed E-state index contributed by atoms with van der Waals surface area (Å²) in [7, 11) is 0. The topological polar surface area (TPSA) is 91.0 Å². The number of rotatable bonds is 3. The number of hydrogen-bond donors (Lipinski definition) is 2. The van der Waals surface area contributed by atoms with Gasteiger partial charge in [-0.2, -0.15) is 10.1 Å². The van der Waals surface area contributed by atoms with Crippen molar-refractivity contribution in [2.75, 3.05) is 16.8 Å². The molecule has 24 heavy (non-hydrogen) atoms. The number of benzene rings is 2. The van der Waals surface area contributed by atoms with Gasteiger partial charge in [-0.15, -0.1) is 0 Å². The highest BCUT2D eigenvalue weighted by Gasteiger charge is 2.35. The minimum absolute atomic E-state index is 0.0518. The van der Waals surface area contributed by atoms with E-state index >= 15 is 0 Å². The van der Waals surface area contributed by atoms with Gasteiger partial charge in [0.1, 0.15) is 6.33 Å². The molecule has 0 spiro atoms. The van der Waals surface area contributed by atoms with Crippen LogP contribution in [-0.2, 0) is 9.59 Å². The van der Waals surface area contributed by atoms with E-state index in [0.717, 1.165) is 16.5 Å². The van der Waals surface area contributed by atoms with Gasteiger partial charge in [0.05, 0.1) is 11.6 Å². The number of hydrogen-bond acceptors (Lipinski definition) is 4. The Kier molecular flexibility index (Phi) is 3.45. The van der Waals surface area contributed by atoms with Gasteiger partial charge in [0.25, 0.3) is 0 Å². The van der Waals surface area contributed by atoms with Gasteiger partial charge in [-0.1, -0.05) is 36.4 Å². The molecule has 0 radical (unpaired) electrons. The summed E-state index contributed by atoms with van der Waals surface area (Å²) >= 11 is 0. The van der Waals surface area contributed by atoms with Gasteiger partial charge in [0, 0.05) is 18.4 Å². The van der Waals surface area contributed by atoms with E-state index in [1.807, 2.05) is 42.5 Å². The van der Waals surface area contributed by atoms with E-state index in [1.165, 1.54) is 6.33 Å². The van der Waals surface area contributed by atoms with Gasteiger partial charge in [-0.3, -0.25) is 14.9 Å². The van der Waals surface area contributed by atoms with Gasteiger partial charge in [-0.05, 0) is 11.5 Å². The number of H-pyrrole nitrogens is 1. The van der Waals surface area contributed by atoms with Crippen LogP contribution in [0.4, 0.5) is 11.6 Å². The number of aromatic nitrogens is 3. The molecule has 2 heterocycles. The van der Waals surface area contributed by atoms with Crippen molar-refractivity contribution in [3.05, 3.63) is 48.8 Å². The van der Waals surface area contributed by atoms with E-state index in [0.29, 0.717) is 6.54 Å². The molecule has 1 aliphatic heterocycles. The summed E-state index contributed by atoms with van der Waals surface area (Å²) in [6.45, 7) is 0.354. The van der Waals surface area contributed by atoms with Crippen molar-refractivity contribution in [3.8, 4) is 0 Å². The molecule has 1 aliphatic rings. The molecular formula is C17H15N5O2. The zero-order chi connectivity index (χ0) is 16.5. The lowest BCUT2D eigenvalue weighted by Gasteiger charge is -2.18. The second-order valence-electron chi connectivity index (χ2n) is 5.73. The molecule has 2 N–H and O–H groups in total. The number of nitrogens with zero attached hydrogens (tertiary/aromatic N) is 3. The lowest BCUT2D eigenvalue weighted by Crippen LogP contribution is -2.28. The number of carbonyl (C=O) groups excluding carboxylic acids is 2. The molecule has 1 fully saturated rings. The van der Waals surface area contributed by atoms with Crippen LogP contribution in [-0.4, -0.2) is 33.5 Å². The summed E-state index contributed by atoms with van der Waals surface area (Å²) in [6.07, 6.45) is 1.50. The summed E-state index contributed by atoms with van der Waals surface area (Å²) in [5.41, 5.74) is 0.841. The van der Waals surface area contributed by atoms with Crippen molar-refractivity contribution in [2.45, 2.75) is 6.42 Å². The maximum atomic E-state index is 12.4. The third-order valence-electron chi connectivity index (χ3n) is 4.21. The van der Waals surface area contributed by atoms with E-state index < -0.39 is 5.92 Å². The lowest BCUT2D eigenvalue weighted by molar-refractivity contribution is -0.122. The van der Waals surface area contributed by atoms with Crippen LogP contribution in [0.15, 0.2) is 48.8 Å². The van der Waals surface area contributed by atoms with Crippen molar-refractivity contribution >= 4 is 34.2 Å². The van der Waals surface area contributed by atoms with Crippen LogP contribution in [0.25, 0.3) is 10.8 Å². The van der Waals surface area contributed by atoms with Crippen LogP contribution in [0, 0.1) is 5.92 Å². The Morgan fingerprint density at radius 2 is 2.04 bits per heavy atom.